The number of aryl methyl sites for hydroxylation is 1. The summed E-state index contributed by atoms with van der Waals surface area (Å²) in [6, 6.07) is 4.46. The van der Waals surface area contributed by atoms with Gasteiger partial charge in [0.15, 0.2) is 5.96 Å². The van der Waals surface area contributed by atoms with Gasteiger partial charge in [-0.15, -0.1) is 0 Å². The second-order valence-electron chi connectivity index (χ2n) is 5.63. The van der Waals surface area contributed by atoms with Crippen LogP contribution in [0.1, 0.15) is 18.2 Å². The van der Waals surface area contributed by atoms with Gasteiger partial charge in [-0.3, -0.25) is 4.79 Å². The number of nitrogens with one attached hydrogen (secondary N) is 2. The molecule has 2 aromatic rings. The highest BCUT2D eigenvalue weighted by Crippen LogP contribution is 2.25. The van der Waals surface area contributed by atoms with Gasteiger partial charge in [0.2, 0.25) is 5.91 Å². The molecule has 1 amide bonds. The number of likely N-dealkylation sites (N-methyl/N-ethyl adjacent to an activating group) is 1. The van der Waals surface area contributed by atoms with Crippen molar-refractivity contribution in [2.75, 3.05) is 27.2 Å². The Morgan fingerprint density at radius 2 is 2.08 bits per heavy atom. The molecule has 1 aromatic carbocycles. The monoisotopic (exact) mass is 334 g/mol. The molecule has 0 saturated carbocycles. The van der Waals surface area contributed by atoms with Gasteiger partial charge in [-0.25, -0.2) is 9.38 Å². The fourth-order valence-corrected chi connectivity index (χ4v) is 2.21. The maximum absolute atomic E-state index is 13.4. The first kappa shape index (κ1) is 17.8. The minimum absolute atomic E-state index is 0.0622. The Balaban J connectivity index is 2.10. The van der Waals surface area contributed by atoms with E-state index in [1.54, 1.807) is 20.2 Å². The first-order valence-corrected chi connectivity index (χ1v) is 7.82. The average Bonchev–Trinajstić information content (AvgIpc) is 2.85. The summed E-state index contributed by atoms with van der Waals surface area (Å²) < 4.78 is 19.1. The number of amides is 1. The van der Waals surface area contributed by atoms with Gasteiger partial charge < -0.3 is 20.0 Å². The van der Waals surface area contributed by atoms with E-state index >= 15 is 0 Å². The van der Waals surface area contributed by atoms with Gasteiger partial charge in [-0.1, -0.05) is 0 Å². The molecule has 7 heteroatoms. The Kier molecular flexibility index (Phi) is 5.78. The molecule has 0 aliphatic rings. The highest BCUT2D eigenvalue weighted by atomic mass is 19.1. The number of hydrogen-bond acceptors (Lipinski definition) is 3. The van der Waals surface area contributed by atoms with Crippen LogP contribution in [0, 0.1) is 12.7 Å². The third kappa shape index (κ3) is 4.24. The zero-order chi connectivity index (χ0) is 17.7. The van der Waals surface area contributed by atoms with Crippen LogP contribution >= 0.6 is 0 Å². The molecular formula is C17H23FN4O2. The molecule has 0 aliphatic carbocycles. The van der Waals surface area contributed by atoms with E-state index in [2.05, 4.69) is 15.6 Å². The first-order valence-electron chi connectivity index (χ1n) is 7.82. The number of aliphatic imine (C=N–C) groups is 1. The number of furan rings is 1. The summed E-state index contributed by atoms with van der Waals surface area (Å²) in [6.07, 6.45) is 0. The van der Waals surface area contributed by atoms with E-state index in [0.29, 0.717) is 30.4 Å². The summed E-state index contributed by atoms with van der Waals surface area (Å²) in [7, 11) is 3.38. The van der Waals surface area contributed by atoms with Crippen molar-refractivity contribution < 1.29 is 13.6 Å². The number of benzene rings is 1. The summed E-state index contributed by atoms with van der Waals surface area (Å²) >= 11 is 0. The summed E-state index contributed by atoms with van der Waals surface area (Å²) in [4.78, 5) is 17.4. The van der Waals surface area contributed by atoms with Crippen molar-refractivity contribution in [1.29, 1.82) is 0 Å². The van der Waals surface area contributed by atoms with Crippen molar-refractivity contribution in [2.24, 2.45) is 4.99 Å². The fourth-order valence-electron chi connectivity index (χ4n) is 2.21. The Labute approximate surface area is 140 Å². The Morgan fingerprint density at radius 3 is 2.75 bits per heavy atom. The minimum atomic E-state index is -0.289. The minimum Gasteiger partial charge on any atom is -0.459 e. The molecule has 0 atom stereocenters. The van der Waals surface area contributed by atoms with Crippen LogP contribution in [0.4, 0.5) is 4.39 Å². The van der Waals surface area contributed by atoms with Crippen molar-refractivity contribution in [2.45, 2.75) is 20.4 Å². The van der Waals surface area contributed by atoms with Crippen molar-refractivity contribution in [3.63, 3.8) is 0 Å². The topological polar surface area (TPSA) is 69.9 Å². The number of halogens is 1. The highest BCUT2D eigenvalue weighted by molar-refractivity contribution is 5.85. The van der Waals surface area contributed by atoms with Crippen LogP contribution in [0.25, 0.3) is 11.0 Å². The quantitative estimate of drug-likeness (QED) is 0.648. The molecule has 24 heavy (non-hydrogen) atoms. The van der Waals surface area contributed by atoms with Gasteiger partial charge >= 0.3 is 0 Å². The van der Waals surface area contributed by atoms with E-state index in [-0.39, 0.29) is 18.3 Å². The maximum Gasteiger partial charge on any atom is 0.243 e. The zero-order valence-corrected chi connectivity index (χ0v) is 14.4. The Morgan fingerprint density at radius 1 is 1.33 bits per heavy atom. The van der Waals surface area contributed by atoms with Crippen LogP contribution in [0.15, 0.2) is 27.6 Å². The molecule has 1 heterocycles. The van der Waals surface area contributed by atoms with E-state index in [1.807, 2.05) is 13.8 Å². The van der Waals surface area contributed by atoms with E-state index in [9.17, 15) is 9.18 Å². The van der Waals surface area contributed by atoms with Crippen LogP contribution in [0.5, 0.6) is 0 Å². The van der Waals surface area contributed by atoms with Crippen LogP contribution in [0.2, 0.25) is 0 Å². The third-order valence-electron chi connectivity index (χ3n) is 3.63. The van der Waals surface area contributed by atoms with E-state index in [1.165, 1.54) is 17.0 Å². The number of fused-ring (bicyclic) bond motifs is 1. The number of carbonyl (C=O) groups is 1. The molecule has 130 valence electrons. The summed E-state index contributed by atoms with van der Waals surface area (Å²) in [5.41, 5.74) is 1.53. The van der Waals surface area contributed by atoms with Gasteiger partial charge in [-0.2, -0.15) is 0 Å². The molecule has 2 rings (SSSR count). The molecule has 6 nitrogen and oxygen atoms in total. The van der Waals surface area contributed by atoms with Crippen LogP contribution in [-0.4, -0.2) is 44.0 Å². The standard InChI is InChI=1S/C17H23FN4O2/c1-5-19-17(21-10-16(23)22(3)4)20-9-15-11(2)13-8-12(18)6-7-14(13)24-15/h6-8H,5,9-10H2,1-4H3,(H2,19,20,21). The Hall–Kier alpha value is -2.57. The van der Waals surface area contributed by atoms with Crippen LogP contribution in [-0.2, 0) is 11.3 Å². The number of nitrogens with zero attached hydrogens (tertiary/aromatic N) is 2. The largest absolute Gasteiger partial charge is 0.459 e. The lowest BCUT2D eigenvalue weighted by Gasteiger charge is -2.12. The average molecular weight is 334 g/mol. The number of carbonyl (C=O) groups excluding carboxylic acids is 1. The normalized spacial score (nSPS) is 11.6. The van der Waals surface area contributed by atoms with Crippen LogP contribution < -0.4 is 10.6 Å². The smallest absolute Gasteiger partial charge is 0.243 e. The van der Waals surface area contributed by atoms with Crippen LogP contribution in [0.3, 0.4) is 0 Å². The van der Waals surface area contributed by atoms with E-state index in [0.717, 1.165) is 10.9 Å². The van der Waals surface area contributed by atoms with Gasteiger partial charge in [0.25, 0.3) is 0 Å². The number of hydrogen-bond donors (Lipinski definition) is 2. The predicted molar refractivity (Wildman–Crippen MR) is 92.4 cm³/mol. The van der Waals surface area contributed by atoms with Crippen molar-refractivity contribution in [3.05, 3.63) is 35.3 Å². The maximum atomic E-state index is 13.4. The summed E-state index contributed by atoms with van der Waals surface area (Å²) in [5, 5.41) is 6.96. The fraction of sp³-hybridized carbons (Fsp3) is 0.412. The van der Waals surface area contributed by atoms with Gasteiger partial charge in [0.1, 0.15) is 23.7 Å². The lowest BCUT2D eigenvalue weighted by Crippen LogP contribution is -2.38. The molecular weight excluding hydrogens is 311 g/mol. The van der Waals surface area contributed by atoms with Gasteiger partial charge in [0.05, 0.1) is 6.54 Å². The number of rotatable bonds is 5. The molecule has 1 aromatic heterocycles. The molecule has 0 saturated heterocycles. The van der Waals surface area contributed by atoms with Crippen molar-refractivity contribution in [3.8, 4) is 0 Å². The second-order valence-corrected chi connectivity index (χ2v) is 5.63. The third-order valence-corrected chi connectivity index (χ3v) is 3.63. The molecule has 0 aliphatic heterocycles. The lowest BCUT2D eigenvalue weighted by atomic mass is 10.1. The van der Waals surface area contributed by atoms with E-state index < -0.39 is 0 Å². The van der Waals surface area contributed by atoms with Crippen molar-refractivity contribution >= 4 is 22.8 Å². The van der Waals surface area contributed by atoms with Gasteiger partial charge in [-0.05, 0) is 32.0 Å². The molecule has 0 radical (unpaired) electrons. The molecule has 2 N–H and O–H groups in total. The second kappa shape index (κ2) is 7.81. The summed E-state index contributed by atoms with van der Waals surface area (Å²) in [6.45, 7) is 4.96. The van der Waals surface area contributed by atoms with Crippen molar-refractivity contribution in [1.82, 2.24) is 15.5 Å². The lowest BCUT2D eigenvalue weighted by molar-refractivity contribution is -0.127. The molecule has 0 spiro atoms. The molecule has 0 unspecified atom stereocenters. The zero-order valence-electron chi connectivity index (χ0n) is 14.4. The highest BCUT2D eigenvalue weighted by Gasteiger charge is 2.12. The van der Waals surface area contributed by atoms with Gasteiger partial charge in [0, 0.05) is 31.6 Å². The van der Waals surface area contributed by atoms with E-state index in [4.69, 9.17) is 4.42 Å². The molecule has 0 fully saturated rings. The first-order chi connectivity index (χ1) is 11.4. The summed E-state index contributed by atoms with van der Waals surface area (Å²) in [5.74, 6) is 0.865. The molecule has 0 bridgehead atoms. The SMILES string of the molecule is CCNC(=NCC(=O)N(C)C)NCc1oc2ccc(F)cc2c1C. The Bertz CT molecular complexity index is 752. The predicted octanol–water partition coefficient (Wildman–Crippen LogP) is 2.02. The number of guanidine groups is 1.